The van der Waals surface area contributed by atoms with E-state index < -0.39 is 0 Å². The molecule has 0 aliphatic carbocycles. The van der Waals surface area contributed by atoms with Gasteiger partial charge in [0.2, 0.25) is 0 Å². The van der Waals surface area contributed by atoms with Crippen LogP contribution >= 0.6 is 27.7 Å². The molecule has 5 nitrogen and oxygen atoms in total. The maximum absolute atomic E-state index is 12.5. The van der Waals surface area contributed by atoms with Crippen molar-refractivity contribution in [2.75, 3.05) is 19.1 Å². The van der Waals surface area contributed by atoms with Crippen molar-refractivity contribution in [3.05, 3.63) is 63.5 Å². The van der Waals surface area contributed by atoms with Crippen molar-refractivity contribution in [3.8, 4) is 5.75 Å². The van der Waals surface area contributed by atoms with E-state index in [0.29, 0.717) is 10.7 Å². The first kappa shape index (κ1) is 17.6. The van der Waals surface area contributed by atoms with Gasteiger partial charge in [-0.05, 0) is 52.0 Å². The molecule has 0 bridgehead atoms. The first-order valence-corrected chi connectivity index (χ1v) is 9.08. The Morgan fingerprint density at radius 1 is 1.16 bits per heavy atom. The molecule has 7 heteroatoms. The average Bonchev–Trinajstić information content (AvgIpc) is 2.88. The molecule has 0 aromatic heterocycles. The van der Waals surface area contributed by atoms with Crippen molar-refractivity contribution in [3.63, 3.8) is 0 Å². The van der Waals surface area contributed by atoms with E-state index in [1.54, 1.807) is 13.2 Å². The van der Waals surface area contributed by atoms with Crippen LogP contribution in [-0.2, 0) is 4.79 Å². The minimum Gasteiger partial charge on any atom is -0.496 e. The van der Waals surface area contributed by atoms with Crippen LogP contribution in [-0.4, -0.2) is 29.8 Å². The Morgan fingerprint density at radius 2 is 1.88 bits per heavy atom. The van der Waals surface area contributed by atoms with E-state index in [1.807, 2.05) is 48.5 Å². The van der Waals surface area contributed by atoms with Crippen LogP contribution in [0.5, 0.6) is 5.75 Å². The Morgan fingerprint density at radius 3 is 2.64 bits per heavy atom. The van der Waals surface area contributed by atoms with Crippen molar-refractivity contribution < 1.29 is 14.3 Å². The summed E-state index contributed by atoms with van der Waals surface area (Å²) in [5.74, 6) is 0.334. The Hall–Kier alpha value is -2.25. The maximum atomic E-state index is 12.5. The Labute approximate surface area is 158 Å². The zero-order valence-electron chi connectivity index (χ0n) is 13.4. The quantitative estimate of drug-likeness (QED) is 0.720. The highest BCUT2D eigenvalue weighted by atomic mass is 79.9. The van der Waals surface area contributed by atoms with Crippen molar-refractivity contribution in [1.82, 2.24) is 4.90 Å². The molecule has 128 valence electrons. The number of nitrogens with one attached hydrogen (secondary N) is 1. The van der Waals surface area contributed by atoms with Crippen LogP contribution in [0.15, 0.2) is 57.9 Å². The van der Waals surface area contributed by atoms with Crippen molar-refractivity contribution in [1.29, 1.82) is 0 Å². The number of hydrogen-bond donors (Lipinski definition) is 1. The van der Waals surface area contributed by atoms with Crippen LogP contribution in [0, 0.1) is 0 Å². The topological polar surface area (TPSA) is 58.6 Å². The van der Waals surface area contributed by atoms with Gasteiger partial charge >= 0.3 is 0 Å². The van der Waals surface area contributed by atoms with E-state index in [2.05, 4.69) is 21.2 Å². The number of nitrogens with zero attached hydrogens (tertiary/aromatic N) is 1. The zero-order chi connectivity index (χ0) is 17.8. The Balaban J connectivity index is 1.76. The standard InChI is InChI=1S/C18H15BrN2O3S/c1-24-15-9-5-2-6-12(15)10-16-17(22)21(18(23)25-16)11-20-14-8-4-3-7-13(14)19/h2-10,20H,11H2,1H3/b16-10+. The lowest BCUT2D eigenvalue weighted by molar-refractivity contribution is -0.122. The van der Waals surface area contributed by atoms with E-state index in [0.717, 1.165) is 27.5 Å². The van der Waals surface area contributed by atoms with Crippen molar-refractivity contribution in [2.45, 2.75) is 0 Å². The summed E-state index contributed by atoms with van der Waals surface area (Å²) in [5.41, 5.74) is 1.57. The monoisotopic (exact) mass is 418 g/mol. The fourth-order valence-corrected chi connectivity index (χ4v) is 3.59. The molecule has 0 atom stereocenters. The Bertz CT molecular complexity index is 854. The van der Waals surface area contributed by atoms with Crippen LogP contribution in [0.1, 0.15) is 5.56 Å². The summed E-state index contributed by atoms with van der Waals surface area (Å²) >= 11 is 4.35. The van der Waals surface area contributed by atoms with Gasteiger partial charge in [-0.1, -0.05) is 30.3 Å². The van der Waals surface area contributed by atoms with Crippen LogP contribution < -0.4 is 10.1 Å². The van der Waals surface area contributed by atoms with E-state index in [9.17, 15) is 9.59 Å². The van der Waals surface area contributed by atoms with E-state index in [-0.39, 0.29) is 17.8 Å². The van der Waals surface area contributed by atoms with Gasteiger partial charge in [0.1, 0.15) is 5.75 Å². The minimum absolute atomic E-state index is 0.108. The fraction of sp³-hybridized carbons (Fsp3) is 0.111. The first-order valence-electron chi connectivity index (χ1n) is 7.47. The van der Waals surface area contributed by atoms with Crippen molar-refractivity contribution >= 4 is 50.6 Å². The number of para-hydroxylation sites is 2. The summed E-state index contributed by atoms with van der Waals surface area (Å²) in [6.45, 7) is 0.108. The number of carbonyl (C=O) groups is 2. The minimum atomic E-state index is -0.319. The third-order valence-corrected chi connectivity index (χ3v) is 5.20. The number of hydrogen-bond acceptors (Lipinski definition) is 5. The van der Waals surface area contributed by atoms with Crippen LogP contribution in [0.3, 0.4) is 0 Å². The molecule has 0 spiro atoms. The number of anilines is 1. The second-order valence-electron chi connectivity index (χ2n) is 5.17. The smallest absolute Gasteiger partial charge is 0.295 e. The summed E-state index contributed by atoms with van der Waals surface area (Å²) < 4.78 is 6.15. The maximum Gasteiger partial charge on any atom is 0.295 e. The molecule has 1 aliphatic heterocycles. The second-order valence-corrected chi connectivity index (χ2v) is 7.01. The molecule has 0 radical (unpaired) electrons. The molecule has 2 amide bonds. The van der Waals surface area contributed by atoms with Crippen LogP contribution in [0.2, 0.25) is 0 Å². The van der Waals surface area contributed by atoms with Gasteiger partial charge in [0.25, 0.3) is 11.1 Å². The van der Waals surface area contributed by atoms with Crippen LogP contribution in [0.25, 0.3) is 6.08 Å². The number of imide groups is 1. The van der Waals surface area contributed by atoms with Gasteiger partial charge in [-0.25, -0.2) is 0 Å². The highest BCUT2D eigenvalue weighted by Gasteiger charge is 2.35. The predicted octanol–water partition coefficient (Wildman–Crippen LogP) is 4.56. The van der Waals surface area contributed by atoms with Gasteiger partial charge < -0.3 is 10.1 Å². The number of rotatable bonds is 5. The van der Waals surface area contributed by atoms with E-state index in [4.69, 9.17) is 4.74 Å². The van der Waals surface area contributed by atoms with Gasteiger partial charge in [0.15, 0.2) is 0 Å². The molecule has 2 aromatic rings. The molecule has 1 saturated heterocycles. The molecular weight excluding hydrogens is 404 g/mol. The predicted molar refractivity (Wildman–Crippen MR) is 103 cm³/mol. The molecule has 2 aromatic carbocycles. The molecule has 1 aliphatic rings. The van der Waals surface area contributed by atoms with Gasteiger partial charge in [0.05, 0.1) is 18.7 Å². The third-order valence-electron chi connectivity index (χ3n) is 3.60. The highest BCUT2D eigenvalue weighted by molar-refractivity contribution is 9.10. The summed E-state index contributed by atoms with van der Waals surface area (Å²) in [6, 6.07) is 14.9. The number of amides is 2. The zero-order valence-corrected chi connectivity index (χ0v) is 15.8. The number of benzene rings is 2. The van der Waals surface area contributed by atoms with Gasteiger partial charge in [-0.15, -0.1) is 0 Å². The number of halogens is 1. The number of methoxy groups -OCH3 is 1. The van der Waals surface area contributed by atoms with Gasteiger partial charge in [-0.3, -0.25) is 14.5 Å². The van der Waals surface area contributed by atoms with Gasteiger partial charge in [-0.2, -0.15) is 0 Å². The molecule has 0 saturated carbocycles. The van der Waals surface area contributed by atoms with Crippen molar-refractivity contribution in [2.24, 2.45) is 0 Å². The van der Waals surface area contributed by atoms with E-state index >= 15 is 0 Å². The first-order chi connectivity index (χ1) is 12.1. The lowest BCUT2D eigenvalue weighted by Gasteiger charge is -2.15. The fourth-order valence-electron chi connectivity index (χ4n) is 2.33. The third kappa shape index (κ3) is 3.88. The molecule has 0 unspecified atom stereocenters. The average molecular weight is 419 g/mol. The summed E-state index contributed by atoms with van der Waals surface area (Å²) in [5, 5.41) is 2.79. The molecular formula is C18H15BrN2O3S. The number of ether oxygens (including phenoxy) is 1. The normalized spacial score (nSPS) is 15.8. The molecule has 1 fully saturated rings. The highest BCUT2D eigenvalue weighted by Crippen LogP contribution is 2.34. The second kappa shape index (κ2) is 7.76. The number of carbonyl (C=O) groups excluding carboxylic acids is 2. The SMILES string of the molecule is COc1ccccc1/C=C1/SC(=O)N(CNc2ccccc2Br)C1=O. The van der Waals surface area contributed by atoms with Gasteiger partial charge in [0, 0.05) is 15.7 Å². The largest absolute Gasteiger partial charge is 0.496 e. The number of thioether (sulfide) groups is 1. The van der Waals surface area contributed by atoms with E-state index in [1.165, 1.54) is 4.90 Å². The molecule has 1 N–H and O–H groups in total. The van der Waals surface area contributed by atoms with Crippen LogP contribution in [0.4, 0.5) is 10.5 Å². The lowest BCUT2D eigenvalue weighted by atomic mass is 10.2. The lowest BCUT2D eigenvalue weighted by Crippen LogP contribution is -2.33. The summed E-state index contributed by atoms with van der Waals surface area (Å²) in [6.07, 6.45) is 1.68. The molecule has 25 heavy (non-hydrogen) atoms. The summed E-state index contributed by atoms with van der Waals surface area (Å²) in [4.78, 5) is 26.3. The molecule has 3 rings (SSSR count). The summed E-state index contributed by atoms with van der Waals surface area (Å²) in [7, 11) is 1.57. The molecule has 1 heterocycles. The Kier molecular flexibility index (Phi) is 5.45.